The van der Waals surface area contributed by atoms with Gasteiger partial charge in [-0.3, -0.25) is 4.79 Å². The van der Waals surface area contributed by atoms with Crippen LogP contribution in [0.2, 0.25) is 0 Å². The van der Waals surface area contributed by atoms with E-state index in [-0.39, 0.29) is 5.91 Å². The fourth-order valence-corrected chi connectivity index (χ4v) is 1.49. The second-order valence-corrected chi connectivity index (χ2v) is 3.86. The van der Waals surface area contributed by atoms with E-state index in [2.05, 4.69) is 15.3 Å². The molecule has 1 heterocycles. The van der Waals surface area contributed by atoms with Crippen molar-refractivity contribution >= 4 is 5.91 Å². The summed E-state index contributed by atoms with van der Waals surface area (Å²) in [6, 6.07) is 11.2. The molecule has 98 valence electrons. The average Bonchev–Trinajstić information content (AvgIpc) is 2.49. The maximum absolute atomic E-state index is 11.7. The predicted octanol–water partition coefficient (Wildman–Crippen LogP) is 1.68. The monoisotopic (exact) mass is 257 g/mol. The van der Waals surface area contributed by atoms with Crippen LogP contribution in [0, 0.1) is 0 Å². The smallest absolute Gasteiger partial charge is 0.316 e. The minimum atomic E-state index is -0.0726. The molecule has 0 aliphatic carbocycles. The number of carbonyl (C=O) groups is 1. The Hall–Kier alpha value is -2.43. The molecule has 0 aliphatic heterocycles. The number of amides is 1. The van der Waals surface area contributed by atoms with Crippen molar-refractivity contribution in [3.8, 4) is 6.01 Å². The zero-order valence-corrected chi connectivity index (χ0v) is 10.5. The lowest BCUT2D eigenvalue weighted by Crippen LogP contribution is -2.25. The van der Waals surface area contributed by atoms with Crippen LogP contribution in [-0.4, -0.2) is 29.0 Å². The Morgan fingerprint density at radius 1 is 1.11 bits per heavy atom. The Morgan fingerprint density at radius 2 is 1.84 bits per heavy atom. The molecule has 0 unspecified atom stereocenters. The zero-order chi connectivity index (χ0) is 13.3. The maximum atomic E-state index is 11.7. The lowest BCUT2D eigenvalue weighted by atomic mass is 10.2. The van der Waals surface area contributed by atoms with E-state index >= 15 is 0 Å². The van der Waals surface area contributed by atoms with E-state index in [0.29, 0.717) is 31.1 Å². The highest BCUT2D eigenvalue weighted by atomic mass is 16.5. The van der Waals surface area contributed by atoms with Gasteiger partial charge in [-0.05, 0) is 24.6 Å². The average molecular weight is 257 g/mol. The highest BCUT2D eigenvalue weighted by Gasteiger charge is 2.02. The summed E-state index contributed by atoms with van der Waals surface area (Å²) in [7, 11) is 0. The molecule has 1 aromatic heterocycles. The topological polar surface area (TPSA) is 64.1 Å². The van der Waals surface area contributed by atoms with Crippen LogP contribution in [0.25, 0.3) is 0 Å². The van der Waals surface area contributed by atoms with Gasteiger partial charge < -0.3 is 10.1 Å². The summed E-state index contributed by atoms with van der Waals surface area (Å²) in [4.78, 5) is 19.6. The molecule has 0 radical (unpaired) electrons. The first-order valence-corrected chi connectivity index (χ1v) is 6.09. The summed E-state index contributed by atoms with van der Waals surface area (Å²) in [5, 5.41) is 2.83. The minimum absolute atomic E-state index is 0.0726. The largest absolute Gasteiger partial charge is 0.463 e. The van der Waals surface area contributed by atoms with Crippen molar-refractivity contribution in [1.82, 2.24) is 15.3 Å². The second-order valence-electron chi connectivity index (χ2n) is 3.86. The van der Waals surface area contributed by atoms with Gasteiger partial charge in [0, 0.05) is 24.5 Å². The number of nitrogens with one attached hydrogen (secondary N) is 1. The number of hydrogen-bond donors (Lipinski definition) is 1. The van der Waals surface area contributed by atoms with Crippen molar-refractivity contribution in [3.63, 3.8) is 0 Å². The fraction of sp³-hybridized carbons (Fsp3) is 0.214. The molecule has 2 rings (SSSR count). The standard InChI is InChI=1S/C14H15N3O2/c18-13(12-6-2-1-3-7-12)15-10-5-11-19-14-16-8-4-9-17-14/h1-4,6-9H,5,10-11H2,(H,15,18). The van der Waals surface area contributed by atoms with Gasteiger partial charge in [-0.15, -0.1) is 0 Å². The van der Waals surface area contributed by atoms with Crippen LogP contribution < -0.4 is 10.1 Å². The highest BCUT2D eigenvalue weighted by Crippen LogP contribution is 1.99. The van der Waals surface area contributed by atoms with E-state index in [1.807, 2.05) is 18.2 Å². The zero-order valence-electron chi connectivity index (χ0n) is 10.5. The maximum Gasteiger partial charge on any atom is 0.316 e. The minimum Gasteiger partial charge on any atom is -0.463 e. The number of aromatic nitrogens is 2. The molecule has 5 heteroatoms. The Morgan fingerprint density at radius 3 is 2.58 bits per heavy atom. The van der Waals surface area contributed by atoms with E-state index in [4.69, 9.17) is 4.74 Å². The first kappa shape index (κ1) is 13.0. The summed E-state index contributed by atoms with van der Waals surface area (Å²) in [6.45, 7) is 1.03. The number of nitrogens with zero attached hydrogens (tertiary/aromatic N) is 2. The summed E-state index contributed by atoms with van der Waals surface area (Å²) in [5.74, 6) is -0.0726. The van der Waals surface area contributed by atoms with Crippen molar-refractivity contribution in [2.45, 2.75) is 6.42 Å². The lowest BCUT2D eigenvalue weighted by Gasteiger charge is -2.06. The van der Waals surface area contributed by atoms with Crippen LogP contribution in [-0.2, 0) is 0 Å². The molecule has 19 heavy (non-hydrogen) atoms. The number of rotatable bonds is 6. The molecule has 0 saturated carbocycles. The van der Waals surface area contributed by atoms with Gasteiger partial charge in [0.2, 0.25) is 0 Å². The van der Waals surface area contributed by atoms with Crippen molar-refractivity contribution in [3.05, 3.63) is 54.4 Å². The van der Waals surface area contributed by atoms with Gasteiger partial charge in [-0.25, -0.2) is 9.97 Å². The number of benzene rings is 1. The Balaban J connectivity index is 1.63. The van der Waals surface area contributed by atoms with Gasteiger partial charge in [0.05, 0.1) is 6.61 Å². The molecule has 1 amide bonds. The first-order valence-electron chi connectivity index (χ1n) is 6.09. The molecule has 1 aromatic carbocycles. The SMILES string of the molecule is O=C(NCCCOc1ncccn1)c1ccccc1. The predicted molar refractivity (Wildman–Crippen MR) is 70.9 cm³/mol. The van der Waals surface area contributed by atoms with Crippen LogP contribution in [0.5, 0.6) is 6.01 Å². The van der Waals surface area contributed by atoms with Crippen LogP contribution in [0.4, 0.5) is 0 Å². The van der Waals surface area contributed by atoms with Gasteiger partial charge in [-0.1, -0.05) is 18.2 Å². The Labute approximate surface area is 111 Å². The summed E-state index contributed by atoms with van der Waals surface area (Å²) in [5.41, 5.74) is 0.662. The molecule has 5 nitrogen and oxygen atoms in total. The molecule has 2 aromatic rings. The summed E-state index contributed by atoms with van der Waals surface area (Å²) >= 11 is 0. The van der Waals surface area contributed by atoms with E-state index in [1.165, 1.54) is 0 Å². The van der Waals surface area contributed by atoms with E-state index in [0.717, 1.165) is 0 Å². The van der Waals surface area contributed by atoms with Gasteiger partial charge in [0.15, 0.2) is 0 Å². The molecule has 0 spiro atoms. The molecule has 0 fully saturated rings. The normalized spacial score (nSPS) is 9.89. The van der Waals surface area contributed by atoms with Gasteiger partial charge >= 0.3 is 6.01 Å². The third-order valence-corrected chi connectivity index (χ3v) is 2.42. The molecule has 0 bridgehead atoms. The quantitative estimate of drug-likeness (QED) is 0.800. The molecule has 0 saturated heterocycles. The van der Waals surface area contributed by atoms with Crippen LogP contribution >= 0.6 is 0 Å². The first-order chi connectivity index (χ1) is 9.36. The molecular formula is C14H15N3O2. The fourth-order valence-electron chi connectivity index (χ4n) is 1.49. The molecule has 0 aliphatic rings. The second kappa shape index (κ2) is 7.10. The van der Waals surface area contributed by atoms with Crippen molar-refractivity contribution in [1.29, 1.82) is 0 Å². The van der Waals surface area contributed by atoms with E-state index in [9.17, 15) is 4.79 Å². The molecular weight excluding hydrogens is 242 g/mol. The van der Waals surface area contributed by atoms with Crippen LogP contribution in [0.15, 0.2) is 48.8 Å². The lowest BCUT2D eigenvalue weighted by molar-refractivity contribution is 0.0951. The summed E-state index contributed by atoms with van der Waals surface area (Å²) < 4.78 is 5.32. The van der Waals surface area contributed by atoms with Gasteiger partial charge in [-0.2, -0.15) is 0 Å². The highest BCUT2D eigenvalue weighted by molar-refractivity contribution is 5.94. The van der Waals surface area contributed by atoms with Gasteiger partial charge in [0.25, 0.3) is 5.91 Å². The number of hydrogen-bond acceptors (Lipinski definition) is 4. The van der Waals surface area contributed by atoms with Crippen molar-refractivity contribution in [2.75, 3.05) is 13.2 Å². The Bertz CT molecular complexity index is 503. The third kappa shape index (κ3) is 4.39. The molecule has 0 atom stereocenters. The number of ether oxygens (including phenoxy) is 1. The Kier molecular flexibility index (Phi) is 4.87. The van der Waals surface area contributed by atoms with E-state index < -0.39 is 0 Å². The van der Waals surface area contributed by atoms with Crippen LogP contribution in [0.1, 0.15) is 16.8 Å². The van der Waals surface area contributed by atoms with E-state index in [1.54, 1.807) is 30.6 Å². The van der Waals surface area contributed by atoms with Crippen molar-refractivity contribution < 1.29 is 9.53 Å². The summed E-state index contributed by atoms with van der Waals surface area (Å²) in [6.07, 6.45) is 3.95. The third-order valence-electron chi connectivity index (χ3n) is 2.42. The van der Waals surface area contributed by atoms with Crippen LogP contribution in [0.3, 0.4) is 0 Å². The van der Waals surface area contributed by atoms with Gasteiger partial charge in [0.1, 0.15) is 0 Å². The molecule has 1 N–H and O–H groups in total. The van der Waals surface area contributed by atoms with Crippen molar-refractivity contribution in [2.24, 2.45) is 0 Å². The number of carbonyl (C=O) groups excluding carboxylic acids is 1.